The number of nitrogens with zero attached hydrogens (tertiary/aromatic N) is 4. The number of benzene rings is 1. The van der Waals surface area contributed by atoms with Crippen LogP contribution in [0, 0.1) is 5.92 Å². The summed E-state index contributed by atoms with van der Waals surface area (Å²) < 4.78 is 5.16. The van der Waals surface area contributed by atoms with E-state index in [1.165, 1.54) is 0 Å². The van der Waals surface area contributed by atoms with Crippen molar-refractivity contribution in [3.8, 4) is 5.75 Å². The molecule has 4 heterocycles. The number of methoxy groups -OCH3 is 1. The van der Waals surface area contributed by atoms with Crippen molar-refractivity contribution < 1.29 is 14.3 Å². The van der Waals surface area contributed by atoms with Crippen LogP contribution in [0.5, 0.6) is 5.75 Å². The molecular formula is C25H29N5O3. The second-order valence-electron chi connectivity index (χ2n) is 8.89. The minimum absolute atomic E-state index is 0.00290. The number of carbonyl (C=O) groups is 2. The lowest BCUT2D eigenvalue weighted by atomic mass is 9.91. The van der Waals surface area contributed by atoms with Crippen molar-refractivity contribution in [2.24, 2.45) is 5.92 Å². The second kappa shape index (κ2) is 9.21. The molecule has 5 rings (SSSR count). The molecule has 2 fully saturated rings. The number of amides is 2. The van der Waals surface area contributed by atoms with Gasteiger partial charge in [-0.15, -0.1) is 0 Å². The van der Waals surface area contributed by atoms with E-state index in [1.807, 2.05) is 21.9 Å². The molecule has 2 aliphatic heterocycles. The van der Waals surface area contributed by atoms with E-state index < -0.39 is 0 Å². The molecule has 172 valence electrons. The molecule has 2 aromatic heterocycles. The number of likely N-dealkylation sites (tertiary alicyclic amines) is 2. The van der Waals surface area contributed by atoms with Gasteiger partial charge < -0.3 is 19.5 Å². The van der Waals surface area contributed by atoms with Crippen LogP contribution in [-0.2, 0) is 4.79 Å². The van der Waals surface area contributed by atoms with Gasteiger partial charge in [0, 0.05) is 49.8 Å². The van der Waals surface area contributed by atoms with Gasteiger partial charge in [0.2, 0.25) is 5.91 Å². The van der Waals surface area contributed by atoms with Gasteiger partial charge in [-0.2, -0.15) is 0 Å². The topological polar surface area (TPSA) is 91.4 Å². The fourth-order valence-corrected chi connectivity index (χ4v) is 4.93. The van der Waals surface area contributed by atoms with Crippen LogP contribution < -0.4 is 4.74 Å². The van der Waals surface area contributed by atoms with Crippen LogP contribution in [-0.4, -0.2) is 69.9 Å². The Kier molecular flexibility index (Phi) is 5.98. The van der Waals surface area contributed by atoms with Crippen molar-refractivity contribution in [1.29, 1.82) is 0 Å². The Morgan fingerprint density at radius 3 is 2.33 bits per heavy atom. The molecule has 0 unspecified atom stereocenters. The number of rotatable bonds is 4. The summed E-state index contributed by atoms with van der Waals surface area (Å²) in [5.74, 6) is 2.28. The average Bonchev–Trinajstić information content (AvgIpc) is 3.32. The zero-order chi connectivity index (χ0) is 22.8. The van der Waals surface area contributed by atoms with Crippen molar-refractivity contribution in [1.82, 2.24) is 24.8 Å². The first kappa shape index (κ1) is 21.4. The predicted octanol–water partition coefficient (Wildman–Crippen LogP) is 3.22. The fourth-order valence-electron chi connectivity index (χ4n) is 4.93. The lowest BCUT2D eigenvalue weighted by Gasteiger charge is -2.37. The highest BCUT2D eigenvalue weighted by Gasteiger charge is 2.33. The van der Waals surface area contributed by atoms with Gasteiger partial charge in [-0.25, -0.2) is 9.97 Å². The largest absolute Gasteiger partial charge is 0.497 e. The fraction of sp³-hybridized carbons (Fsp3) is 0.440. The number of H-pyrrole nitrogens is 1. The molecule has 2 saturated heterocycles. The highest BCUT2D eigenvalue weighted by molar-refractivity contribution is 5.94. The summed E-state index contributed by atoms with van der Waals surface area (Å²) in [7, 11) is 1.61. The Hall–Kier alpha value is -3.42. The predicted molar refractivity (Wildman–Crippen MR) is 124 cm³/mol. The maximum absolute atomic E-state index is 13.1. The molecule has 2 amide bonds. The third-order valence-corrected chi connectivity index (χ3v) is 6.94. The van der Waals surface area contributed by atoms with Crippen LogP contribution in [0.3, 0.4) is 0 Å². The third kappa shape index (κ3) is 4.42. The van der Waals surface area contributed by atoms with Gasteiger partial charge in [-0.1, -0.05) is 0 Å². The number of nitrogens with one attached hydrogen (secondary N) is 1. The van der Waals surface area contributed by atoms with Crippen LogP contribution >= 0.6 is 0 Å². The number of fused-ring (bicyclic) bond motifs is 1. The SMILES string of the molecule is COc1ccc(C(=O)N2CCC(C(=O)N3CCC(c4nc5ncccc5[nH]4)CC3)CC2)cc1. The quantitative estimate of drug-likeness (QED) is 0.663. The first-order valence-corrected chi connectivity index (χ1v) is 11.6. The molecule has 0 aliphatic carbocycles. The Labute approximate surface area is 193 Å². The van der Waals surface area contributed by atoms with Crippen LogP contribution in [0.4, 0.5) is 0 Å². The van der Waals surface area contributed by atoms with Gasteiger partial charge in [0.25, 0.3) is 5.91 Å². The van der Waals surface area contributed by atoms with E-state index in [4.69, 9.17) is 4.74 Å². The average molecular weight is 448 g/mol. The first-order valence-electron chi connectivity index (χ1n) is 11.6. The molecule has 1 N–H and O–H groups in total. The van der Waals surface area contributed by atoms with E-state index in [9.17, 15) is 9.59 Å². The molecule has 0 bridgehead atoms. The zero-order valence-corrected chi connectivity index (χ0v) is 18.9. The standard InChI is InChI=1S/C25H29N5O3/c1-33-20-6-4-18(5-7-20)24(31)30-15-10-19(11-16-30)25(32)29-13-8-17(9-14-29)22-27-21-3-2-12-26-23(21)28-22/h2-7,12,17,19H,8-11,13-16H2,1H3,(H,26,27,28). The third-order valence-electron chi connectivity index (χ3n) is 6.94. The Bertz CT molecular complexity index is 1090. The smallest absolute Gasteiger partial charge is 0.253 e. The molecule has 2 aliphatic rings. The minimum Gasteiger partial charge on any atom is -0.497 e. The van der Waals surface area contributed by atoms with Crippen LogP contribution in [0.2, 0.25) is 0 Å². The van der Waals surface area contributed by atoms with E-state index in [0.717, 1.165) is 61.5 Å². The summed E-state index contributed by atoms with van der Waals surface area (Å²) in [6, 6.07) is 11.1. The Balaban J connectivity index is 1.12. The Morgan fingerprint density at radius 1 is 0.970 bits per heavy atom. The second-order valence-corrected chi connectivity index (χ2v) is 8.89. The van der Waals surface area contributed by atoms with Gasteiger partial charge in [-0.05, 0) is 62.1 Å². The number of aromatic amines is 1. The molecule has 0 spiro atoms. The van der Waals surface area contributed by atoms with Gasteiger partial charge in [0.05, 0.1) is 12.6 Å². The van der Waals surface area contributed by atoms with Crippen molar-refractivity contribution in [2.75, 3.05) is 33.3 Å². The summed E-state index contributed by atoms with van der Waals surface area (Å²) >= 11 is 0. The van der Waals surface area contributed by atoms with Crippen molar-refractivity contribution in [3.05, 3.63) is 54.0 Å². The van der Waals surface area contributed by atoms with Gasteiger partial charge in [0.1, 0.15) is 11.6 Å². The minimum atomic E-state index is -0.00290. The number of aromatic nitrogens is 3. The summed E-state index contributed by atoms with van der Waals surface area (Å²) in [6.07, 6.45) is 5.00. The molecule has 3 aromatic rings. The molecule has 33 heavy (non-hydrogen) atoms. The highest BCUT2D eigenvalue weighted by atomic mass is 16.5. The maximum Gasteiger partial charge on any atom is 0.253 e. The summed E-state index contributed by atoms with van der Waals surface area (Å²) in [4.78, 5) is 42.1. The van der Waals surface area contributed by atoms with Crippen molar-refractivity contribution in [2.45, 2.75) is 31.6 Å². The van der Waals surface area contributed by atoms with E-state index in [2.05, 4.69) is 15.0 Å². The summed E-state index contributed by atoms with van der Waals surface area (Å²) in [5.41, 5.74) is 2.37. The van der Waals surface area contributed by atoms with Gasteiger partial charge in [-0.3, -0.25) is 9.59 Å². The van der Waals surface area contributed by atoms with E-state index in [0.29, 0.717) is 24.6 Å². The Morgan fingerprint density at radius 2 is 1.67 bits per heavy atom. The number of pyridine rings is 1. The van der Waals surface area contributed by atoms with Crippen LogP contribution in [0.25, 0.3) is 11.2 Å². The normalized spacial score (nSPS) is 18.0. The number of piperidine rings is 2. The molecule has 1 aromatic carbocycles. The number of ether oxygens (including phenoxy) is 1. The zero-order valence-electron chi connectivity index (χ0n) is 18.9. The van der Waals surface area contributed by atoms with E-state index in [1.54, 1.807) is 37.6 Å². The summed E-state index contributed by atoms with van der Waals surface area (Å²) in [6.45, 7) is 2.73. The van der Waals surface area contributed by atoms with Crippen LogP contribution in [0.1, 0.15) is 47.8 Å². The number of carbonyl (C=O) groups excluding carboxylic acids is 2. The van der Waals surface area contributed by atoms with E-state index in [-0.39, 0.29) is 17.7 Å². The molecule has 0 atom stereocenters. The molecular weight excluding hydrogens is 418 g/mol. The van der Waals surface area contributed by atoms with Gasteiger partial charge in [0.15, 0.2) is 5.65 Å². The highest BCUT2D eigenvalue weighted by Crippen LogP contribution is 2.29. The lowest BCUT2D eigenvalue weighted by molar-refractivity contribution is -0.138. The summed E-state index contributed by atoms with van der Waals surface area (Å²) in [5, 5.41) is 0. The molecule has 0 saturated carbocycles. The number of imidazole rings is 1. The number of hydrogen-bond acceptors (Lipinski definition) is 5. The van der Waals surface area contributed by atoms with E-state index >= 15 is 0 Å². The first-order chi connectivity index (χ1) is 16.1. The van der Waals surface area contributed by atoms with Crippen molar-refractivity contribution in [3.63, 3.8) is 0 Å². The monoisotopic (exact) mass is 447 g/mol. The van der Waals surface area contributed by atoms with Crippen molar-refractivity contribution >= 4 is 23.0 Å². The maximum atomic E-state index is 13.1. The number of hydrogen-bond donors (Lipinski definition) is 1. The van der Waals surface area contributed by atoms with Crippen LogP contribution in [0.15, 0.2) is 42.6 Å². The van der Waals surface area contributed by atoms with Gasteiger partial charge >= 0.3 is 0 Å². The molecule has 8 nitrogen and oxygen atoms in total. The molecule has 0 radical (unpaired) electrons. The lowest BCUT2D eigenvalue weighted by Crippen LogP contribution is -2.46. The molecule has 8 heteroatoms.